The third kappa shape index (κ3) is 7.54. The molecule has 0 rings (SSSR count). The maximum atomic E-state index is 12.3. The summed E-state index contributed by atoms with van der Waals surface area (Å²) >= 11 is 0. The minimum atomic E-state index is -1.59. The highest BCUT2D eigenvalue weighted by atomic mass is 35.5. The van der Waals surface area contributed by atoms with E-state index in [1.165, 1.54) is 7.11 Å². The maximum Gasteiger partial charge on any atom is 0.364 e. The van der Waals surface area contributed by atoms with E-state index in [-0.39, 0.29) is 31.2 Å². The summed E-state index contributed by atoms with van der Waals surface area (Å²) < 4.78 is 16.6. The second-order valence-corrected chi connectivity index (χ2v) is 2.33. The molecule has 0 amide bonds. The summed E-state index contributed by atoms with van der Waals surface area (Å²) in [5, 5.41) is 8.10. The van der Waals surface area contributed by atoms with Crippen molar-refractivity contribution in [3.63, 3.8) is 0 Å². The molecule has 1 N–H and O–H groups in total. The number of allylic oxidation sites excluding steroid dienone is 1. The number of halogens is 2. The van der Waals surface area contributed by atoms with E-state index in [0.717, 1.165) is 6.08 Å². The SMILES string of the molecule is COC(=O)CCCC=C(F)C(=O)O.Cl. The van der Waals surface area contributed by atoms with Crippen LogP contribution in [0.1, 0.15) is 19.3 Å². The smallest absolute Gasteiger partial charge is 0.364 e. The summed E-state index contributed by atoms with van der Waals surface area (Å²) in [6, 6.07) is 0. The second-order valence-electron chi connectivity index (χ2n) is 2.33. The van der Waals surface area contributed by atoms with Gasteiger partial charge in [-0.2, -0.15) is 4.39 Å². The molecule has 0 aromatic carbocycles. The van der Waals surface area contributed by atoms with Crippen molar-refractivity contribution in [2.75, 3.05) is 7.11 Å². The van der Waals surface area contributed by atoms with Gasteiger partial charge in [0.15, 0.2) is 0 Å². The van der Waals surface area contributed by atoms with Crippen LogP contribution in [0.2, 0.25) is 0 Å². The van der Waals surface area contributed by atoms with E-state index in [2.05, 4.69) is 4.74 Å². The van der Waals surface area contributed by atoms with Crippen molar-refractivity contribution >= 4 is 24.3 Å². The number of carboxylic acids is 1. The van der Waals surface area contributed by atoms with Gasteiger partial charge in [-0.25, -0.2) is 4.79 Å². The third-order valence-electron chi connectivity index (χ3n) is 1.34. The fourth-order valence-corrected chi connectivity index (χ4v) is 0.665. The number of aliphatic carboxylic acids is 1. The van der Waals surface area contributed by atoms with Crippen molar-refractivity contribution in [3.05, 3.63) is 11.9 Å². The van der Waals surface area contributed by atoms with Gasteiger partial charge in [0.1, 0.15) is 0 Å². The number of carboxylic acid groups (broad SMARTS) is 1. The number of esters is 1. The molecule has 0 bridgehead atoms. The Kier molecular flexibility index (Phi) is 9.33. The zero-order chi connectivity index (χ0) is 10.3. The molecule has 0 saturated heterocycles. The molecule has 0 saturated carbocycles. The normalized spacial score (nSPS) is 10.3. The number of carbonyl (C=O) groups is 2. The topological polar surface area (TPSA) is 63.6 Å². The number of unbranched alkanes of at least 4 members (excludes halogenated alkanes) is 1. The Bertz CT molecular complexity index is 227. The molecule has 0 unspecified atom stereocenters. The lowest BCUT2D eigenvalue weighted by Gasteiger charge is -1.95. The van der Waals surface area contributed by atoms with Crippen LogP contribution < -0.4 is 0 Å². The van der Waals surface area contributed by atoms with Gasteiger partial charge in [-0.15, -0.1) is 12.4 Å². The number of carbonyl (C=O) groups excluding carboxylic acids is 1. The van der Waals surface area contributed by atoms with Gasteiger partial charge in [-0.05, 0) is 18.9 Å². The molecule has 0 aliphatic rings. The first-order valence-electron chi connectivity index (χ1n) is 3.73. The van der Waals surface area contributed by atoms with Crippen LogP contribution in [0, 0.1) is 0 Å². The molecule has 0 fully saturated rings. The van der Waals surface area contributed by atoms with Crippen LogP contribution in [0.5, 0.6) is 0 Å². The summed E-state index contributed by atoms with van der Waals surface area (Å²) in [5.74, 6) is -3.16. The van der Waals surface area contributed by atoms with E-state index < -0.39 is 11.8 Å². The molecule has 0 aliphatic heterocycles. The van der Waals surface area contributed by atoms with Crippen LogP contribution in [0.25, 0.3) is 0 Å². The molecule has 0 radical (unpaired) electrons. The molecule has 0 heterocycles. The highest BCUT2D eigenvalue weighted by molar-refractivity contribution is 5.85. The Balaban J connectivity index is 0. The monoisotopic (exact) mass is 226 g/mol. The molecule has 14 heavy (non-hydrogen) atoms. The number of ether oxygens (including phenoxy) is 1. The number of methoxy groups -OCH3 is 1. The van der Waals surface area contributed by atoms with Crippen LogP contribution in [0.4, 0.5) is 4.39 Å². The van der Waals surface area contributed by atoms with Crippen molar-refractivity contribution in [2.24, 2.45) is 0 Å². The average molecular weight is 227 g/mol. The lowest BCUT2D eigenvalue weighted by atomic mass is 10.2. The van der Waals surface area contributed by atoms with E-state index in [1.54, 1.807) is 0 Å². The molecular weight excluding hydrogens is 215 g/mol. The fraction of sp³-hybridized carbons (Fsp3) is 0.500. The van der Waals surface area contributed by atoms with Crippen molar-refractivity contribution in [3.8, 4) is 0 Å². The summed E-state index contributed by atoms with van der Waals surface area (Å²) in [7, 11) is 1.26. The van der Waals surface area contributed by atoms with Gasteiger partial charge in [-0.3, -0.25) is 4.79 Å². The minimum Gasteiger partial charge on any atom is -0.476 e. The van der Waals surface area contributed by atoms with Crippen LogP contribution in [0.15, 0.2) is 11.9 Å². The van der Waals surface area contributed by atoms with Crippen LogP contribution in [-0.2, 0) is 14.3 Å². The standard InChI is InChI=1S/C8H11FO4.ClH/c1-13-7(10)5-3-2-4-6(9)8(11)12;/h4H,2-3,5H2,1H3,(H,11,12);1H. The van der Waals surface area contributed by atoms with E-state index in [4.69, 9.17) is 5.11 Å². The summed E-state index contributed by atoms with van der Waals surface area (Å²) in [4.78, 5) is 20.5. The first kappa shape index (κ1) is 15.4. The van der Waals surface area contributed by atoms with E-state index >= 15 is 0 Å². The molecule has 4 nitrogen and oxygen atoms in total. The van der Waals surface area contributed by atoms with E-state index in [1.807, 2.05) is 0 Å². The Hall–Kier alpha value is -1.10. The number of hydrogen-bond donors (Lipinski definition) is 1. The Labute approximate surface area is 87.2 Å². The molecule has 0 spiro atoms. The van der Waals surface area contributed by atoms with Gasteiger partial charge in [0.05, 0.1) is 7.11 Å². The minimum absolute atomic E-state index is 0. The van der Waals surface area contributed by atoms with Gasteiger partial charge in [0.2, 0.25) is 5.83 Å². The quantitative estimate of drug-likeness (QED) is 0.440. The average Bonchev–Trinajstić information content (AvgIpc) is 2.11. The molecule has 0 atom stereocenters. The first-order chi connectivity index (χ1) is 6.07. The van der Waals surface area contributed by atoms with Gasteiger partial charge < -0.3 is 9.84 Å². The maximum absolute atomic E-state index is 12.3. The fourth-order valence-electron chi connectivity index (χ4n) is 0.665. The Morgan fingerprint density at radius 2 is 2.07 bits per heavy atom. The zero-order valence-corrected chi connectivity index (χ0v) is 8.47. The van der Waals surface area contributed by atoms with Crippen molar-refractivity contribution in [1.82, 2.24) is 0 Å². The van der Waals surface area contributed by atoms with Crippen molar-refractivity contribution in [2.45, 2.75) is 19.3 Å². The summed E-state index contributed by atoms with van der Waals surface area (Å²) in [6.07, 6.45) is 1.70. The lowest BCUT2D eigenvalue weighted by Crippen LogP contribution is -1.99. The highest BCUT2D eigenvalue weighted by Gasteiger charge is 2.04. The second kappa shape index (κ2) is 8.50. The van der Waals surface area contributed by atoms with Gasteiger partial charge in [0.25, 0.3) is 0 Å². The first-order valence-corrected chi connectivity index (χ1v) is 3.73. The van der Waals surface area contributed by atoms with Gasteiger partial charge in [-0.1, -0.05) is 0 Å². The molecule has 0 aromatic heterocycles. The predicted molar refractivity (Wildman–Crippen MR) is 49.9 cm³/mol. The Morgan fingerprint density at radius 3 is 2.50 bits per heavy atom. The van der Waals surface area contributed by atoms with Crippen LogP contribution >= 0.6 is 12.4 Å². The van der Waals surface area contributed by atoms with E-state index in [9.17, 15) is 14.0 Å². The lowest BCUT2D eigenvalue weighted by molar-refractivity contribution is -0.140. The highest BCUT2D eigenvalue weighted by Crippen LogP contribution is 2.03. The Morgan fingerprint density at radius 1 is 1.50 bits per heavy atom. The molecule has 0 aromatic rings. The van der Waals surface area contributed by atoms with Gasteiger partial charge in [0, 0.05) is 6.42 Å². The number of rotatable bonds is 5. The van der Waals surface area contributed by atoms with Crippen LogP contribution in [0.3, 0.4) is 0 Å². The number of hydrogen-bond acceptors (Lipinski definition) is 3. The molecule has 0 aliphatic carbocycles. The van der Waals surface area contributed by atoms with Crippen molar-refractivity contribution in [1.29, 1.82) is 0 Å². The third-order valence-corrected chi connectivity index (χ3v) is 1.34. The zero-order valence-electron chi connectivity index (χ0n) is 7.66. The summed E-state index contributed by atoms with van der Waals surface area (Å²) in [5.41, 5.74) is 0. The summed E-state index contributed by atoms with van der Waals surface area (Å²) in [6.45, 7) is 0. The molecule has 82 valence electrons. The van der Waals surface area contributed by atoms with Crippen LogP contribution in [-0.4, -0.2) is 24.2 Å². The largest absolute Gasteiger partial charge is 0.476 e. The molecular formula is C8H12ClFO4. The van der Waals surface area contributed by atoms with Crippen molar-refractivity contribution < 1.29 is 23.8 Å². The predicted octanol–water partition coefficient (Wildman–Crippen LogP) is 1.69. The molecule has 6 heteroatoms. The van der Waals surface area contributed by atoms with E-state index in [0.29, 0.717) is 6.42 Å². The van der Waals surface area contributed by atoms with Gasteiger partial charge >= 0.3 is 11.9 Å².